The molecular formula is C27H33BrN4O6S. The van der Waals surface area contributed by atoms with Crippen LogP contribution in [-0.2, 0) is 38.2 Å². The Bertz CT molecular complexity index is 1290. The van der Waals surface area contributed by atoms with Crippen molar-refractivity contribution in [2.75, 3.05) is 45.4 Å². The fraction of sp³-hybridized carbons (Fsp3) is 0.481. The van der Waals surface area contributed by atoms with Gasteiger partial charge in [0.2, 0.25) is 0 Å². The number of carbonyl (C=O) groups is 2. The number of fused-ring (bicyclic) bond motifs is 6. The molecule has 2 saturated heterocycles. The average molecular weight is 622 g/mol. The van der Waals surface area contributed by atoms with E-state index in [0.717, 1.165) is 50.0 Å². The molecule has 4 aliphatic rings. The van der Waals surface area contributed by atoms with Crippen LogP contribution in [0.15, 0.2) is 36.4 Å². The van der Waals surface area contributed by atoms with Gasteiger partial charge in [0.15, 0.2) is 0 Å². The van der Waals surface area contributed by atoms with E-state index in [0.29, 0.717) is 5.92 Å². The summed E-state index contributed by atoms with van der Waals surface area (Å²) in [5.41, 5.74) is 13.2. The van der Waals surface area contributed by atoms with Crippen molar-refractivity contribution in [2.45, 2.75) is 48.0 Å². The maximum Gasteiger partial charge on any atom is 0.409 e. The monoisotopic (exact) mass is 620 g/mol. The number of hydrogen-bond acceptors (Lipinski definition) is 8. The first-order valence-electron chi connectivity index (χ1n) is 12.7. The fourth-order valence-electron chi connectivity index (χ4n) is 6.63. The Morgan fingerprint density at radius 2 is 1.69 bits per heavy atom. The first-order chi connectivity index (χ1) is 18.7. The van der Waals surface area contributed by atoms with Crippen LogP contribution < -0.4 is 11.1 Å². The molecule has 2 aliphatic carbocycles. The molecule has 210 valence electrons. The number of carbonyl (C=O) groups excluding carboxylic acids is 2. The molecule has 12 heteroatoms. The number of alkyl halides is 1. The highest BCUT2D eigenvalue weighted by Gasteiger charge is 2.54. The van der Waals surface area contributed by atoms with Gasteiger partial charge in [-0.15, -0.1) is 0 Å². The van der Waals surface area contributed by atoms with Gasteiger partial charge in [-0.05, 0) is 60.1 Å². The van der Waals surface area contributed by atoms with Crippen molar-refractivity contribution in [3.8, 4) is 0 Å². The van der Waals surface area contributed by atoms with E-state index in [2.05, 4.69) is 45.5 Å². The second-order valence-electron chi connectivity index (χ2n) is 9.89. The quantitative estimate of drug-likeness (QED) is 0.364. The molecule has 6 rings (SSSR count). The van der Waals surface area contributed by atoms with Crippen molar-refractivity contribution in [3.05, 3.63) is 58.7 Å². The van der Waals surface area contributed by atoms with Crippen LogP contribution in [0.2, 0.25) is 0 Å². The largest absolute Gasteiger partial charge is 0.453 e. The number of nitrogens with two attached hydrogens (primary N) is 1. The van der Waals surface area contributed by atoms with Crippen molar-refractivity contribution in [1.82, 2.24) is 9.80 Å². The van der Waals surface area contributed by atoms with Crippen LogP contribution in [0, 0.1) is 0 Å². The summed E-state index contributed by atoms with van der Waals surface area (Å²) >= 11 is 3.09. The van der Waals surface area contributed by atoms with Crippen molar-refractivity contribution < 1.29 is 27.5 Å². The van der Waals surface area contributed by atoms with Crippen LogP contribution in [0.3, 0.4) is 0 Å². The number of methoxy groups -OCH3 is 2. The third-order valence-corrected chi connectivity index (χ3v) is 9.69. The zero-order valence-electron chi connectivity index (χ0n) is 22.1. The summed E-state index contributed by atoms with van der Waals surface area (Å²) in [6.07, 6.45) is 3.21. The molecule has 0 aromatic heterocycles. The molecule has 39 heavy (non-hydrogen) atoms. The molecule has 2 fully saturated rings. The lowest BCUT2D eigenvalue weighted by Gasteiger charge is -2.27. The van der Waals surface area contributed by atoms with Gasteiger partial charge < -0.3 is 30.3 Å². The predicted molar refractivity (Wildman–Crippen MR) is 152 cm³/mol. The lowest BCUT2D eigenvalue weighted by atomic mass is 9.97. The maximum atomic E-state index is 11.8. The molecule has 2 aliphatic heterocycles. The van der Waals surface area contributed by atoms with Gasteiger partial charge in [-0.2, -0.15) is 8.42 Å². The second-order valence-corrected chi connectivity index (χ2v) is 11.4. The number of hydrogen-bond donors (Lipinski definition) is 2. The predicted octanol–water partition coefficient (Wildman–Crippen LogP) is 3.79. The standard InChI is InChI=1S/C14H18N2O2.C13H15BrN2O2.O2S/c1-15-12-5-3-4-9-10-6-7-16(14(17)18-2)13(10)8-11(9)12;1-18-12(17)16-6-5-13(14)9-3-2-4-10(15)8(9)7-11(13)16;1-3-2/h3-5,10,13,15H,6-8H2,1-2H3;2-4,11H,5-7,15H2,1H3;/t10-,13+;11-,13-;/m01./s1. The van der Waals surface area contributed by atoms with E-state index in [1.807, 2.05) is 24.1 Å². The molecule has 2 aromatic carbocycles. The zero-order chi connectivity index (χ0) is 28.3. The van der Waals surface area contributed by atoms with Crippen LogP contribution in [-0.4, -0.2) is 76.8 Å². The van der Waals surface area contributed by atoms with Crippen LogP contribution in [0.1, 0.15) is 41.0 Å². The number of nitrogens with one attached hydrogen (secondary N) is 1. The Morgan fingerprint density at radius 1 is 1.03 bits per heavy atom. The van der Waals surface area contributed by atoms with E-state index < -0.39 is 11.6 Å². The topological polar surface area (TPSA) is 131 Å². The van der Waals surface area contributed by atoms with Gasteiger partial charge in [-0.25, -0.2) is 9.59 Å². The number of ether oxygens (including phenoxy) is 2. The van der Waals surface area contributed by atoms with E-state index in [1.54, 1.807) is 4.90 Å². The summed E-state index contributed by atoms with van der Waals surface area (Å²) in [6.45, 7) is 1.53. The van der Waals surface area contributed by atoms with Crippen LogP contribution in [0.25, 0.3) is 0 Å². The molecule has 0 bridgehead atoms. The molecule has 2 aromatic rings. The highest BCUT2D eigenvalue weighted by atomic mass is 79.9. The highest BCUT2D eigenvalue weighted by molar-refractivity contribution is 9.09. The first-order valence-corrected chi connectivity index (χ1v) is 14.2. The zero-order valence-corrected chi connectivity index (χ0v) is 24.5. The minimum absolute atomic E-state index is 0.102. The van der Waals surface area contributed by atoms with E-state index in [4.69, 9.17) is 23.6 Å². The molecule has 0 saturated carbocycles. The van der Waals surface area contributed by atoms with Gasteiger partial charge in [-0.3, -0.25) is 0 Å². The van der Waals surface area contributed by atoms with Crippen molar-refractivity contribution >= 4 is 51.1 Å². The molecule has 4 atom stereocenters. The van der Waals surface area contributed by atoms with Gasteiger partial charge in [0.25, 0.3) is 0 Å². The Labute approximate surface area is 239 Å². The summed E-state index contributed by atoms with van der Waals surface area (Å²) in [4.78, 5) is 27.2. The summed E-state index contributed by atoms with van der Waals surface area (Å²) in [7, 11) is 4.82. The number of likely N-dealkylation sites (tertiary alicyclic amines) is 2. The number of anilines is 2. The summed E-state index contributed by atoms with van der Waals surface area (Å²) in [6, 6.07) is 12.8. The SMILES string of the molecule is CNc1cccc2c1C[C@@H]1[C@H]2CCN1C(=O)OC.COC(=O)N1CC[C@@]2(Br)c3cccc(N)c3C[C@@H]12.O=S=O. The normalized spacial score (nSPS) is 25.1. The van der Waals surface area contributed by atoms with E-state index >= 15 is 0 Å². The summed E-state index contributed by atoms with van der Waals surface area (Å²) in [5.74, 6) is 0.479. The molecule has 0 spiro atoms. The number of benzene rings is 2. The molecule has 0 unspecified atom stereocenters. The van der Waals surface area contributed by atoms with Gasteiger partial charge >= 0.3 is 23.8 Å². The molecule has 2 amide bonds. The van der Waals surface area contributed by atoms with E-state index in [1.165, 1.54) is 36.6 Å². The summed E-state index contributed by atoms with van der Waals surface area (Å²) in [5, 5.41) is 3.24. The van der Waals surface area contributed by atoms with Gasteiger partial charge in [0.1, 0.15) is 0 Å². The van der Waals surface area contributed by atoms with Crippen molar-refractivity contribution in [1.29, 1.82) is 0 Å². The smallest absolute Gasteiger partial charge is 0.409 e. The third-order valence-electron chi connectivity index (χ3n) is 8.34. The van der Waals surface area contributed by atoms with Crippen LogP contribution >= 0.6 is 15.9 Å². The lowest BCUT2D eigenvalue weighted by Crippen LogP contribution is -2.40. The van der Waals surface area contributed by atoms with Gasteiger partial charge in [-0.1, -0.05) is 40.2 Å². The number of amides is 2. The molecule has 2 heterocycles. The van der Waals surface area contributed by atoms with Gasteiger partial charge in [0, 0.05) is 43.5 Å². The van der Waals surface area contributed by atoms with Crippen LogP contribution in [0.4, 0.5) is 21.0 Å². The number of halogens is 1. The first kappa shape index (κ1) is 28.9. The van der Waals surface area contributed by atoms with Crippen molar-refractivity contribution in [2.24, 2.45) is 0 Å². The van der Waals surface area contributed by atoms with Gasteiger partial charge in [0.05, 0.1) is 24.6 Å². The van der Waals surface area contributed by atoms with Crippen molar-refractivity contribution in [3.63, 3.8) is 0 Å². The summed E-state index contributed by atoms with van der Waals surface area (Å²) < 4.78 is 26.1. The number of nitrogen functional groups attached to an aromatic ring is 1. The Morgan fingerprint density at radius 3 is 2.36 bits per heavy atom. The highest BCUT2D eigenvalue weighted by Crippen LogP contribution is 2.53. The number of nitrogens with zero attached hydrogens (tertiary/aromatic N) is 2. The molecule has 10 nitrogen and oxygen atoms in total. The Kier molecular flexibility index (Phi) is 8.85. The Hall–Kier alpha value is -3.12. The van der Waals surface area contributed by atoms with Crippen LogP contribution in [0.5, 0.6) is 0 Å². The third kappa shape index (κ3) is 5.11. The second kappa shape index (κ2) is 12.0. The average Bonchev–Trinajstić information content (AvgIpc) is 3.67. The Balaban J connectivity index is 0.000000165. The minimum Gasteiger partial charge on any atom is -0.453 e. The fourth-order valence-corrected chi connectivity index (χ4v) is 7.58. The molecular weight excluding hydrogens is 588 g/mol. The molecule has 3 N–H and O–H groups in total. The van der Waals surface area contributed by atoms with E-state index in [9.17, 15) is 9.59 Å². The molecule has 0 radical (unpaired) electrons. The van der Waals surface area contributed by atoms with E-state index in [-0.39, 0.29) is 28.6 Å². The minimum atomic E-state index is -0.750. The number of rotatable bonds is 1. The maximum absolute atomic E-state index is 11.8. The lowest BCUT2D eigenvalue weighted by molar-refractivity contribution is 0.117.